The molecule has 0 bridgehead atoms. The highest BCUT2D eigenvalue weighted by Gasteiger charge is 2.21. The second-order valence-corrected chi connectivity index (χ2v) is 8.24. The zero-order valence-corrected chi connectivity index (χ0v) is 19.7. The highest BCUT2D eigenvalue weighted by molar-refractivity contribution is 5.93. The van der Waals surface area contributed by atoms with Gasteiger partial charge in [-0.1, -0.05) is 0 Å². The topological polar surface area (TPSA) is 182 Å². The first-order valence-corrected chi connectivity index (χ1v) is 11.0. The van der Waals surface area contributed by atoms with Crippen molar-refractivity contribution in [1.82, 2.24) is 0 Å². The lowest BCUT2D eigenvalue weighted by molar-refractivity contribution is -0.394. The Labute approximate surface area is 215 Å². The summed E-state index contributed by atoms with van der Waals surface area (Å²) in [7, 11) is 0. The van der Waals surface area contributed by atoms with E-state index in [9.17, 15) is 34.6 Å². The highest BCUT2D eigenvalue weighted by Crippen LogP contribution is 2.28. The molecule has 5 aromatic rings. The zero-order chi connectivity index (χ0) is 27.8. The van der Waals surface area contributed by atoms with Crippen molar-refractivity contribution >= 4 is 39.3 Å². The summed E-state index contributed by atoms with van der Waals surface area (Å²) >= 11 is 0. The number of benzene rings is 3. The third kappa shape index (κ3) is 4.91. The summed E-state index contributed by atoms with van der Waals surface area (Å²) in [5.41, 5.74) is -1.77. The molecular formula is C26H14N2O11. The Hall–Kier alpha value is -5.85. The van der Waals surface area contributed by atoms with E-state index < -0.39 is 43.8 Å². The van der Waals surface area contributed by atoms with E-state index in [2.05, 4.69) is 0 Å². The van der Waals surface area contributed by atoms with Gasteiger partial charge >= 0.3 is 11.6 Å². The summed E-state index contributed by atoms with van der Waals surface area (Å²) < 4.78 is 21.5. The fourth-order valence-corrected chi connectivity index (χ4v) is 3.81. The number of carbonyl (C=O) groups is 1. The van der Waals surface area contributed by atoms with E-state index in [4.69, 9.17) is 18.3 Å². The lowest BCUT2D eigenvalue weighted by Gasteiger charge is -2.08. The minimum Gasteiger partial charge on any atom is -0.460 e. The average molecular weight is 530 g/mol. The Morgan fingerprint density at radius 1 is 0.821 bits per heavy atom. The number of hydrogen-bond acceptors (Lipinski definition) is 11. The monoisotopic (exact) mass is 530 g/mol. The summed E-state index contributed by atoms with van der Waals surface area (Å²) in [6.45, 7) is 1.76. The van der Waals surface area contributed by atoms with Crippen molar-refractivity contribution in [2.75, 3.05) is 0 Å². The number of carbonyl (C=O) groups excluding carboxylic acids is 1. The maximum atomic E-state index is 13.0. The standard InChI is InChI=1S/C26H14N2O11/c1-13-6-24(29)39-22-11-17(2-4-19(13)22)37-23-12-36-21-10-18(3-5-20(21)25(23)30)38-26(31)14-7-15(27(32)33)9-16(8-14)28(34)35/h2-12H,1H3. The number of fused-ring (bicyclic) bond motifs is 2. The van der Waals surface area contributed by atoms with Crippen LogP contribution in [0, 0.1) is 27.2 Å². The van der Waals surface area contributed by atoms with Crippen LogP contribution in [0.2, 0.25) is 0 Å². The minimum absolute atomic E-state index is 0.0304. The lowest BCUT2D eigenvalue weighted by Crippen LogP contribution is -2.10. The molecule has 5 rings (SSSR count). The van der Waals surface area contributed by atoms with Gasteiger partial charge in [-0.25, -0.2) is 9.59 Å². The third-order valence-electron chi connectivity index (χ3n) is 5.64. The van der Waals surface area contributed by atoms with Gasteiger partial charge in [0.1, 0.15) is 28.9 Å². The molecule has 0 N–H and O–H groups in total. The molecule has 13 heteroatoms. The highest BCUT2D eigenvalue weighted by atomic mass is 16.6. The van der Waals surface area contributed by atoms with Crippen LogP contribution in [0.5, 0.6) is 17.2 Å². The molecule has 0 aliphatic carbocycles. The summed E-state index contributed by atoms with van der Waals surface area (Å²) in [6, 6.07) is 12.3. The van der Waals surface area contributed by atoms with Gasteiger partial charge in [-0.15, -0.1) is 0 Å². The summed E-state index contributed by atoms with van der Waals surface area (Å²) in [5.74, 6) is -1.12. The van der Waals surface area contributed by atoms with E-state index in [1.165, 1.54) is 30.3 Å². The number of rotatable bonds is 6. The van der Waals surface area contributed by atoms with Gasteiger partial charge < -0.3 is 18.3 Å². The van der Waals surface area contributed by atoms with Gasteiger partial charge in [-0.2, -0.15) is 0 Å². The quantitative estimate of drug-likeness (QED) is 0.0942. The van der Waals surface area contributed by atoms with Crippen LogP contribution >= 0.6 is 0 Å². The Morgan fingerprint density at radius 2 is 1.46 bits per heavy atom. The molecule has 0 saturated heterocycles. The molecule has 0 amide bonds. The number of hydrogen-bond donors (Lipinski definition) is 0. The molecule has 2 aromatic heterocycles. The number of esters is 1. The Bertz CT molecular complexity index is 1920. The molecule has 2 heterocycles. The second-order valence-electron chi connectivity index (χ2n) is 8.24. The smallest absolute Gasteiger partial charge is 0.344 e. The molecule has 0 aliphatic rings. The molecule has 0 unspecified atom stereocenters. The van der Waals surface area contributed by atoms with Gasteiger partial charge in [0.25, 0.3) is 11.4 Å². The molecule has 3 aromatic carbocycles. The Kier molecular flexibility index (Phi) is 6.08. The minimum atomic E-state index is -1.10. The number of ether oxygens (including phenoxy) is 2. The van der Waals surface area contributed by atoms with Crippen LogP contribution in [0.3, 0.4) is 0 Å². The van der Waals surface area contributed by atoms with Crippen molar-refractivity contribution in [2.45, 2.75) is 6.92 Å². The number of nitrogens with zero attached hydrogens (tertiary/aromatic N) is 2. The molecular weight excluding hydrogens is 516 g/mol. The number of nitro benzene ring substituents is 2. The van der Waals surface area contributed by atoms with Crippen LogP contribution < -0.4 is 20.5 Å². The van der Waals surface area contributed by atoms with Crippen molar-refractivity contribution in [3.05, 3.63) is 119 Å². The number of nitro groups is 2. The first-order valence-electron chi connectivity index (χ1n) is 11.0. The van der Waals surface area contributed by atoms with Gasteiger partial charge in [0.15, 0.2) is 0 Å². The maximum absolute atomic E-state index is 13.0. The molecule has 0 fully saturated rings. The predicted molar refractivity (Wildman–Crippen MR) is 134 cm³/mol. The maximum Gasteiger partial charge on any atom is 0.344 e. The number of aryl methyl sites for hydroxylation is 1. The second kappa shape index (κ2) is 9.55. The van der Waals surface area contributed by atoms with Gasteiger partial charge in [0.2, 0.25) is 11.2 Å². The van der Waals surface area contributed by atoms with Crippen molar-refractivity contribution < 1.29 is 32.9 Å². The molecule has 39 heavy (non-hydrogen) atoms. The average Bonchev–Trinajstić information content (AvgIpc) is 2.89. The van der Waals surface area contributed by atoms with Gasteiger partial charge in [-0.05, 0) is 36.8 Å². The lowest BCUT2D eigenvalue weighted by atomic mass is 10.1. The van der Waals surface area contributed by atoms with Crippen LogP contribution in [0.4, 0.5) is 11.4 Å². The van der Waals surface area contributed by atoms with E-state index in [0.717, 1.165) is 30.0 Å². The zero-order valence-electron chi connectivity index (χ0n) is 19.7. The van der Waals surface area contributed by atoms with E-state index in [0.29, 0.717) is 5.39 Å². The van der Waals surface area contributed by atoms with Crippen molar-refractivity contribution in [3.8, 4) is 17.2 Å². The first-order chi connectivity index (χ1) is 18.6. The molecule has 13 nitrogen and oxygen atoms in total. The molecule has 194 valence electrons. The van der Waals surface area contributed by atoms with Crippen molar-refractivity contribution in [3.63, 3.8) is 0 Å². The fraction of sp³-hybridized carbons (Fsp3) is 0.0385. The normalized spacial score (nSPS) is 10.9. The Balaban J connectivity index is 1.41. The van der Waals surface area contributed by atoms with E-state index >= 15 is 0 Å². The van der Waals surface area contributed by atoms with E-state index in [-0.39, 0.29) is 33.8 Å². The molecule has 0 atom stereocenters. The van der Waals surface area contributed by atoms with Gasteiger partial charge in [0, 0.05) is 35.7 Å². The van der Waals surface area contributed by atoms with Crippen molar-refractivity contribution in [1.29, 1.82) is 0 Å². The van der Waals surface area contributed by atoms with E-state index in [1.54, 1.807) is 19.1 Å². The van der Waals surface area contributed by atoms with Crippen LogP contribution in [0.25, 0.3) is 21.9 Å². The molecule has 0 saturated carbocycles. The first kappa shape index (κ1) is 24.8. The molecule has 0 spiro atoms. The van der Waals surface area contributed by atoms with Crippen molar-refractivity contribution in [2.24, 2.45) is 0 Å². The number of non-ortho nitro benzene ring substituents is 2. The van der Waals surface area contributed by atoms with E-state index in [1.807, 2.05) is 0 Å². The molecule has 0 radical (unpaired) electrons. The van der Waals surface area contributed by atoms with Gasteiger partial charge in [-0.3, -0.25) is 25.0 Å². The van der Waals surface area contributed by atoms with Crippen LogP contribution in [-0.4, -0.2) is 15.8 Å². The van der Waals surface area contributed by atoms with Crippen LogP contribution in [-0.2, 0) is 0 Å². The largest absolute Gasteiger partial charge is 0.460 e. The fourth-order valence-electron chi connectivity index (χ4n) is 3.81. The predicted octanol–water partition coefficient (Wildman–Crippen LogP) is 5.04. The summed E-state index contributed by atoms with van der Waals surface area (Å²) in [5, 5.41) is 22.9. The van der Waals surface area contributed by atoms with Crippen LogP contribution in [0.15, 0.2) is 85.4 Å². The third-order valence-corrected chi connectivity index (χ3v) is 5.64. The summed E-state index contributed by atoms with van der Waals surface area (Å²) in [4.78, 5) is 57.6. The Morgan fingerprint density at radius 3 is 2.15 bits per heavy atom. The van der Waals surface area contributed by atoms with Gasteiger partial charge in [0.05, 0.1) is 26.9 Å². The van der Waals surface area contributed by atoms with Crippen LogP contribution in [0.1, 0.15) is 15.9 Å². The summed E-state index contributed by atoms with van der Waals surface area (Å²) in [6.07, 6.45) is 1.05. The SMILES string of the molecule is Cc1cc(=O)oc2cc(Oc3coc4cc(OC(=O)c5cc([N+](=O)[O-])cc([N+](=O)[O-])c5)ccc4c3=O)ccc12. The molecule has 0 aliphatic heterocycles.